The van der Waals surface area contributed by atoms with E-state index in [0.29, 0.717) is 6.61 Å². The molecule has 0 saturated heterocycles. The number of nitrogens with one attached hydrogen (secondary N) is 1. The third-order valence-corrected chi connectivity index (χ3v) is 3.82. The Morgan fingerprint density at radius 3 is 2.84 bits per heavy atom. The summed E-state index contributed by atoms with van der Waals surface area (Å²) in [4.78, 5) is 3.81. The van der Waals surface area contributed by atoms with Crippen LogP contribution in [0.3, 0.4) is 0 Å². The van der Waals surface area contributed by atoms with Gasteiger partial charge in [-0.15, -0.1) is 0 Å². The number of thiocarbonyl (C=S) groups is 1. The summed E-state index contributed by atoms with van der Waals surface area (Å²) in [5.74, 6) is 0. The van der Waals surface area contributed by atoms with E-state index in [0.717, 1.165) is 0 Å². The minimum atomic E-state index is -3.69. The molecule has 8 heteroatoms. The third-order valence-electron chi connectivity index (χ3n) is 2.14. The lowest BCUT2D eigenvalue weighted by molar-refractivity contribution is 0.0834. The first-order valence-corrected chi connectivity index (χ1v) is 7.60. The molecule has 0 radical (unpaired) electrons. The lowest BCUT2D eigenvalue weighted by Gasteiger charge is -2.11. The molecule has 0 saturated carbocycles. The summed E-state index contributed by atoms with van der Waals surface area (Å²) in [5.41, 5.74) is 5.55. The van der Waals surface area contributed by atoms with Crippen LogP contribution in [-0.2, 0) is 14.8 Å². The highest BCUT2D eigenvalue weighted by atomic mass is 32.2. The van der Waals surface area contributed by atoms with Gasteiger partial charge in [-0.05, 0) is 26.0 Å². The molecule has 0 aliphatic heterocycles. The number of pyridine rings is 1. The molecular weight excluding hydrogens is 286 g/mol. The molecule has 0 aromatic carbocycles. The Kier molecular flexibility index (Phi) is 5.80. The minimum absolute atomic E-state index is 0.0213. The molecule has 0 aliphatic carbocycles. The van der Waals surface area contributed by atoms with Gasteiger partial charge in [-0.1, -0.05) is 12.2 Å². The fraction of sp³-hybridized carbons (Fsp3) is 0.455. The summed E-state index contributed by atoms with van der Waals surface area (Å²) < 4.78 is 31.8. The Morgan fingerprint density at radius 2 is 2.26 bits per heavy atom. The molecule has 0 fully saturated rings. The molecule has 1 heterocycles. The average Bonchev–Trinajstić information content (AvgIpc) is 2.34. The Bertz CT molecular complexity index is 544. The maximum absolute atomic E-state index is 12.1. The van der Waals surface area contributed by atoms with Crippen molar-refractivity contribution in [3.8, 4) is 0 Å². The second-order valence-electron chi connectivity index (χ2n) is 4.03. The molecule has 19 heavy (non-hydrogen) atoms. The van der Waals surface area contributed by atoms with Crippen molar-refractivity contribution in [2.24, 2.45) is 5.73 Å². The first kappa shape index (κ1) is 16.0. The largest absolute Gasteiger partial charge is 0.388 e. The van der Waals surface area contributed by atoms with E-state index in [9.17, 15) is 8.42 Å². The molecule has 0 amide bonds. The number of hydrogen-bond acceptors (Lipinski definition) is 5. The second kappa shape index (κ2) is 6.90. The van der Waals surface area contributed by atoms with E-state index in [1.54, 1.807) is 0 Å². The van der Waals surface area contributed by atoms with E-state index in [4.69, 9.17) is 22.7 Å². The van der Waals surface area contributed by atoms with Gasteiger partial charge in [0.1, 0.15) is 15.6 Å². The number of sulfonamides is 1. The molecule has 0 unspecified atom stereocenters. The zero-order valence-electron chi connectivity index (χ0n) is 10.8. The number of rotatable bonds is 7. The van der Waals surface area contributed by atoms with Gasteiger partial charge in [0.15, 0.2) is 0 Å². The monoisotopic (exact) mass is 303 g/mol. The summed E-state index contributed by atoms with van der Waals surface area (Å²) in [5, 5.41) is 0. The minimum Gasteiger partial charge on any atom is -0.388 e. The normalized spacial score (nSPS) is 11.7. The average molecular weight is 303 g/mol. The Labute approximate surface area is 118 Å². The van der Waals surface area contributed by atoms with Crippen LogP contribution >= 0.6 is 12.2 Å². The van der Waals surface area contributed by atoms with Crippen molar-refractivity contribution in [3.05, 3.63) is 24.0 Å². The topological polar surface area (TPSA) is 94.3 Å². The Balaban J connectivity index is 2.80. The standard InChI is InChI=1S/C11H17N3O3S2/c1-8(2)17-7-6-14-19(15,16)9-4-3-5-13-10(9)11(12)18/h3-5,8,14H,6-7H2,1-2H3,(H2,12,18). The Morgan fingerprint density at radius 1 is 1.58 bits per heavy atom. The highest BCUT2D eigenvalue weighted by molar-refractivity contribution is 7.89. The summed E-state index contributed by atoms with van der Waals surface area (Å²) in [7, 11) is -3.69. The van der Waals surface area contributed by atoms with Gasteiger partial charge in [0, 0.05) is 12.7 Å². The van der Waals surface area contributed by atoms with Crippen LogP contribution in [0.2, 0.25) is 0 Å². The van der Waals surface area contributed by atoms with Gasteiger partial charge >= 0.3 is 0 Å². The molecule has 0 aliphatic rings. The molecule has 106 valence electrons. The summed E-state index contributed by atoms with van der Waals surface area (Å²) in [6.45, 7) is 4.22. The first-order chi connectivity index (χ1) is 8.84. The highest BCUT2D eigenvalue weighted by Crippen LogP contribution is 2.12. The fourth-order valence-electron chi connectivity index (χ4n) is 1.34. The maximum atomic E-state index is 12.1. The van der Waals surface area contributed by atoms with Crippen molar-refractivity contribution < 1.29 is 13.2 Å². The van der Waals surface area contributed by atoms with Crippen molar-refractivity contribution in [2.75, 3.05) is 13.2 Å². The molecule has 0 bridgehead atoms. The van der Waals surface area contributed by atoms with E-state index in [1.165, 1.54) is 18.3 Å². The predicted octanol–water partition coefficient (Wildman–Crippen LogP) is 0.419. The number of nitrogens with zero attached hydrogens (tertiary/aromatic N) is 1. The lowest BCUT2D eigenvalue weighted by Crippen LogP contribution is -2.30. The SMILES string of the molecule is CC(C)OCCNS(=O)(=O)c1cccnc1C(N)=S. The number of hydrogen-bond donors (Lipinski definition) is 2. The third kappa shape index (κ3) is 4.83. The van der Waals surface area contributed by atoms with Crippen molar-refractivity contribution in [2.45, 2.75) is 24.8 Å². The zero-order chi connectivity index (χ0) is 14.5. The highest BCUT2D eigenvalue weighted by Gasteiger charge is 2.20. The van der Waals surface area contributed by atoms with Crippen LogP contribution in [0, 0.1) is 0 Å². The summed E-state index contributed by atoms with van der Waals surface area (Å²) in [6.07, 6.45) is 1.49. The van der Waals surface area contributed by atoms with Crippen LogP contribution < -0.4 is 10.5 Å². The smallest absolute Gasteiger partial charge is 0.242 e. The maximum Gasteiger partial charge on any atom is 0.242 e. The van der Waals surface area contributed by atoms with Crippen LogP contribution in [0.25, 0.3) is 0 Å². The van der Waals surface area contributed by atoms with Crippen molar-refractivity contribution in [1.82, 2.24) is 9.71 Å². The molecule has 0 atom stereocenters. The first-order valence-electron chi connectivity index (χ1n) is 5.70. The van der Waals surface area contributed by atoms with Crippen LogP contribution in [0.15, 0.2) is 23.2 Å². The fourth-order valence-corrected chi connectivity index (χ4v) is 2.75. The molecule has 3 N–H and O–H groups in total. The van der Waals surface area contributed by atoms with Crippen LogP contribution in [0.4, 0.5) is 0 Å². The van der Waals surface area contributed by atoms with Crippen molar-refractivity contribution >= 4 is 27.2 Å². The van der Waals surface area contributed by atoms with Gasteiger partial charge in [-0.2, -0.15) is 0 Å². The quantitative estimate of drug-likeness (QED) is 0.560. The van der Waals surface area contributed by atoms with E-state index in [2.05, 4.69) is 9.71 Å². The van der Waals surface area contributed by atoms with Gasteiger partial charge in [0.05, 0.1) is 12.7 Å². The molecule has 1 rings (SSSR count). The van der Waals surface area contributed by atoms with Gasteiger partial charge in [-0.3, -0.25) is 4.98 Å². The van der Waals surface area contributed by atoms with E-state index in [-0.39, 0.29) is 28.2 Å². The van der Waals surface area contributed by atoms with Crippen LogP contribution in [0.5, 0.6) is 0 Å². The molecule has 0 spiro atoms. The van der Waals surface area contributed by atoms with E-state index < -0.39 is 10.0 Å². The van der Waals surface area contributed by atoms with Gasteiger partial charge in [-0.25, -0.2) is 13.1 Å². The molecule has 1 aromatic rings. The number of ether oxygens (including phenoxy) is 1. The predicted molar refractivity (Wildman–Crippen MR) is 76.4 cm³/mol. The molecular formula is C11H17N3O3S2. The van der Waals surface area contributed by atoms with Gasteiger partial charge < -0.3 is 10.5 Å². The van der Waals surface area contributed by atoms with Crippen LogP contribution in [0.1, 0.15) is 19.5 Å². The molecule has 6 nitrogen and oxygen atoms in total. The number of nitrogens with two attached hydrogens (primary N) is 1. The van der Waals surface area contributed by atoms with E-state index >= 15 is 0 Å². The zero-order valence-corrected chi connectivity index (χ0v) is 12.4. The van der Waals surface area contributed by atoms with E-state index in [1.807, 2.05) is 13.8 Å². The Hall–Kier alpha value is -1.09. The van der Waals surface area contributed by atoms with Crippen molar-refractivity contribution in [3.63, 3.8) is 0 Å². The second-order valence-corrected chi connectivity index (χ2v) is 6.21. The van der Waals surface area contributed by atoms with Gasteiger partial charge in [0.2, 0.25) is 10.0 Å². The van der Waals surface area contributed by atoms with Crippen molar-refractivity contribution in [1.29, 1.82) is 0 Å². The lowest BCUT2D eigenvalue weighted by atomic mass is 10.3. The number of aromatic nitrogens is 1. The summed E-state index contributed by atoms with van der Waals surface area (Å²) in [6, 6.07) is 2.92. The summed E-state index contributed by atoms with van der Waals surface area (Å²) >= 11 is 4.79. The van der Waals surface area contributed by atoms with Gasteiger partial charge in [0.25, 0.3) is 0 Å². The molecule has 1 aromatic heterocycles. The van der Waals surface area contributed by atoms with Crippen LogP contribution in [-0.4, -0.2) is 37.6 Å².